The largest absolute Gasteiger partial charge is 0.354 e. The van der Waals surface area contributed by atoms with Crippen molar-refractivity contribution in [1.82, 2.24) is 10.2 Å². The number of anilines is 1. The van der Waals surface area contributed by atoms with Gasteiger partial charge in [-0.2, -0.15) is 0 Å². The molecule has 0 radical (unpaired) electrons. The highest BCUT2D eigenvalue weighted by molar-refractivity contribution is 7.92. The minimum atomic E-state index is -3.57. The maximum Gasteiger partial charge on any atom is 0.242 e. The molecule has 0 bridgehead atoms. The van der Waals surface area contributed by atoms with Gasteiger partial charge in [-0.3, -0.25) is 13.9 Å². The van der Waals surface area contributed by atoms with Gasteiger partial charge in [0.1, 0.15) is 6.04 Å². The highest BCUT2D eigenvalue weighted by Crippen LogP contribution is 2.23. The minimum Gasteiger partial charge on any atom is -0.354 e. The molecule has 2 aromatic rings. The molecular weight excluding hydrogens is 521 g/mol. The van der Waals surface area contributed by atoms with Gasteiger partial charge in [-0.1, -0.05) is 62.2 Å². The molecule has 2 rings (SSSR count). The third kappa shape index (κ3) is 8.98. The molecule has 0 aliphatic heterocycles. The maximum absolute atomic E-state index is 13.4. The number of carbonyl (C=O) groups excluding carboxylic acids is 2. The summed E-state index contributed by atoms with van der Waals surface area (Å²) in [6.07, 6.45) is 1.90. The molecule has 2 amide bonds. The molecule has 0 saturated heterocycles. The minimum absolute atomic E-state index is 0.0675. The van der Waals surface area contributed by atoms with E-state index in [4.69, 9.17) is 23.2 Å². The highest BCUT2D eigenvalue weighted by Gasteiger charge is 2.29. The van der Waals surface area contributed by atoms with Crippen LogP contribution in [0.25, 0.3) is 0 Å². The van der Waals surface area contributed by atoms with Gasteiger partial charge in [-0.05, 0) is 54.7 Å². The van der Waals surface area contributed by atoms with Crippen LogP contribution in [0.3, 0.4) is 0 Å². The average Bonchev–Trinajstić information content (AvgIpc) is 2.81. The Balaban J connectivity index is 2.21. The summed E-state index contributed by atoms with van der Waals surface area (Å²) >= 11 is 12.3. The van der Waals surface area contributed by atoms with Crippen molar-refractivity contribution in [3.05, 3.63) is 64.1 Å². The highest BCUT2D eigenvalue weighted by atomic mass is 35.5. The fourth-order valence-corrected chi connectivity index (χ4v) is 5.05. The number of nitrogens with one attached hydrogen (secondary N) is 1. The van der Waals surface area contributed by atoms with Crippen molar-refractivity contribution in [2.24, 2.45) is 5.92 Å². The molecule has 0 fully saturated rings. The Hall–Kier alpha value is -2.29. The Morgan fingerprint density at radius 3 is 2.22 bits per heavy atom. The SMILES string of the molecule is CC[C@@H](C(=O)NCC(C)C)N(Cc1ccccc1Cl)C(=O)CCCN(c1ccc(Cl)cc1)S(C)(=O)=O. The molecule has 0 spiro atoms. The van der Waals surface area contributed by atoms with Gasteiger partial charge in [0.25, 0.3) is 0 Å². The number of halogens is 2. The van der Waals surface area contributed by atoms with E-state index in [0.29, 0.717) is 28.7 Å². The van der Waals surface area contributed by atoms with Crippen LogP contribution < -0.4 is 9.62 Å². The first-order valence-electron chi connectivity index (χ1n) is 12.0. The molecule has 10 heteroatoms. The number of hydrogen-bond donors (Lipinski definition) is 1. The third-order valence-corrected chi connectivity index (χ3v) is 7.45. The van der Waals surface area contributed by atoms with Gasteiger partial charge >= 0.3 is 0 Å². The van der Waals surface area contributed by atoms with Crippen LogP contribution in [0.15, 0.2) is 48.5 Å². The molecular formula is C26H35Cl2N3O4S. The van der Waals surface area contributed by atoms with Crippen LogP contribution in [0.4, 0.5) is 5.69 Å². The lowest BCUT2D eigenvalue weighted by Crippen LogP contribution is -2.49. The maximum atomic E-state index is 13.4. The second-order valence-corrected chi connectivity index (χ2v) is 11.8. The monoisotopic (exact) mass is 555 g/mol. The molecule has 7 nitrogen and oxygen atoms in total. The summed E-state index contributed by atoms with van der Waals surface area (Å²) in [5.74, 6) is -0.189. The van der Waals surface area contributed by atoms with E-state index in [-0.39, 0.29) is 43.7 Å². The van der Waals surface area contributed by atoms with E-state index in [1.165, 1.54) is 4.31 Å². The molecule has 0 aromatic heterocycles. The summed E-state index contributed by atoms with van der Waals surface area (Å²) in [5, 5.41) is 3.94. The van der Waals surface area contributed by atoms with E-state index in [0.717, 1.165) is 11.8 Å². The molecule has 0 aliphatic carbocycles. The summed E-state index contributed by atoms with van der Waals surface area (Å²) in [6, 6.07) is 13.0. The summed E-state index contributed by atoms with van der Waals surface area (Å²) < 4.78 is 26.1. The van der Waals surface area contributed by atoms with Gasteiger partial charge in [-0.15, -0.1) is 0 Å². The zero-order chi connectivity index (χ0) is 26.9. The van der Waals surface area contributed by atoms with Crippen molar-refractivity contribution >= 4 is 50.7 Å². The van der Waals surface area contributed by atoms with Gasteiger partial charge in [0.15, 0.2) is 0 Å². The summed E-state index contributed by atoms with van der Waals surface area (Å²) in [5.41, 5.74) is 1.21. The Kier molecular flexibility index (Phi) is 11.5. The standard InChI is InChI=1S/C26H35Cl2N3O4S/c1-5-24(26(33)29-17-19(2)3)30(18-20-9-6-7-10-23(20)28)25(32)11-8-16-31(36(4,34)35)22-14-12-21(27)13-15-22/h6-7,9-10,12-15,19,24H,5,8,11,16-18H2,1-4H3,(H,29,33)/t24-/m0/s1. The summed E-state index contributed by atoms with van der Waals surface area (Å²) in [4.78, 5) is 28.0. The summed E-state index contributed by atoms with van der Waals surface area (Å²) in [7, 11) is -3.57. The van der Waals surface area contributed by atoms with E-state index >= 15 is 0 Å². The zero-order valence-electron chi connectivity index (χ0n) is 21.2. The van der Waals surface area contributed by atoms with Crippen molar-refractivity contribution in [3.63, 3.8) is 0 Å². The molecule has 0 heterocycles. The Labute approximate surface area is 224 Å². The fraction of sp³-hybridized carbons (Fsp3) is 0.462. The molecule has 0 saturated carbocycles. The fourth-order valence-electron chi connectivity index (χ4n) is 3.76. The number of rotatable bonds is 13. The third-order valence-electron chi connectivity index (χ3n) is 5.64. The van der Waals surface area contributed by atoms with Crippen LogP contribution in [0.1, 0.15) is 45.6 Å². The van der Waals surface area contributed by atoms with Crippen molar-refractivity contribution in [2.45, 2.75) is 52.6 Å². The topological polar surface area (TPSA) is 86.8 Å². The van der Waals surface area contributed by atoms with Gasteiger partial charge in [0.05, 0.1) is 11.9 Å². The van der Waals surface area contributed by atoms with Crippen LogP contribution in [0.2, 0.25) is 10.0 Å². The zero-order valence-corrected chi connectivity index (χ0v) is 23.5. The Morgan fingerprint density at radius 2 is 1.67 bits per heavy atom. The van der Waals surface area contributed by atoms with Crippen molar-refractivity contribution < 1.29 is 18.0 Å². The van der Waals surface area contributed by atoms with E-state index in [2.05, 4.69) is 5.32 Å². The van der Waals surface area contributed by atoms with Gasteiger partial charge in [0.2, 0.25) is 21.8 Å². The van der Waals surface area contributed by atoms with E-state index < -0.39 is 16.1 Å². The van der Waals surface area contributed by atoms with Crippen LogP contribution in [-0.2, 0) is 26.2 Å². The first-order valence-corrected chi connectivity index (χ1v) is 14.6. The van der Waals surface area contributed by atoms with Gasteiger partial charge in [-0.25, -0.2) is 8.42 Å². The molecule has 0 unspecified atom stereocenters. The first kappa shape index (κ1) is 29.9. The molecule has 2 aromatic carbocycles. The van der Waals surface area contributed by atoms with Crippen molar-refractivity contribution in [1.29, 1.82) is 0 Å². The molecule has 1 N–H and O–H groups in total. The molecule has 1 atom stereocenters. The number of hydrogen-bond acceptors (Lipinski definition) is 4. The predicted molar refractivity (Wildman–Crippen MR) is 147 cm³/mol. The number of carbonyl (C=O) groups is 2. The van der Waals surface area contributed by atoms with E-state index in [1.54, 1.807) is 41.3 Å². The second-order valence-electron chi connectivity index (χ2n) is 9.09. The average molecular weight is 557 g/mol. The van der Waals surface area contributed by atoms with E-state index in [1.807, 2.05) is 32.9 Å². The number of sulfonamides is 1. The lowest BCUT2D eigenvalue weighted by atomic mass is 10.1. The first-order chi connectivity index (χ1) is 16.9. The van der Waals surface area contributed by atoms with Crippen molar-refractivity contribution in [3.8, 4) is 0 Å². The lowest BCUT2D eigenvalue weighted by molar-refractivity contribution is -0.141. The Bertz CT molecular complexity index is 1120. The van der Waals surface area contributed by atoms with Crippen LogP contribution >= 0.6 is 23.2 Å². The van der Waals surface area contributed by atoms with Crippen molar-refractivity contribution in [2.75, 3.05) is 23.7 Å². The Morgan fingerprint density at radius 1 is 1.03 bits per heavy atom. The smallest absolute Gasteiger partial charge is 0.242 e. The molecule has 198 valence electrons. The number of amides is 2. The lowest BCUT2D eigenvalue weighted by Gasteiger charge is -2.31. The van der Waals surface area contributed by atoms with Gasteiger partial charge in [0, 0.05) is 36.1 Å². The van der Waals surface area contributed by atoms with Gasteiger partial charge < -0.3 is 10.2 Å². The summed E-state index contributed by atoms with van der Waals surface area (Å²) in [6.45, 7) is 6.66. The van der Waals surface area contributed by atoms with Crippen LogP contribution in [0.5, 0.6) is 0 Å². The quantitative estimate of drug-likeness (QED) is 0.371. The second kappa shape index (κ2) is 13.9. The normalized spacial score (nSPS) is 12.3. The predicted octanol–water partition coefficient (Wildman–Crippen LogP) is 5.12. The van der Waals surface area contributed by atoms with Crippen LogP contribution in [-0.4, -0.2) is 50.5 Å². The molecule has 0 aliphatic rings. The van der Waals surface area contributed by atoms with Crippen LogP contribution in [0, 0.1) is 5.92 Å². The number of benzene rings is 2. The van der Waals surface area contributed by atoms with E-state index in [9.17, 15) is 18.0 Å². The molecule has 36 heavy (non-hydrogen) atoms. The number of nitrogens with zero attached hydrogens (tertiary/aromatic N) is 2.